The van der Waals surface area contributed by atoms with Crippen LogP contribution in [0.4, 0.5) is 0 Å². The monoisotopic (exact) mass is 399 g/mol. The van der Waals surface area contributed by atoms with Gasteiger partial charge in [0, 0.05) is 17.7 Å². The number of carbonyl (C=O) groups excluding carboxylic acids is 1. The van der Waals surface area contributed by atoms with Crippen LogP contribution in [0.15, 0.2) is 36.4 Å². The van der Waals surface area contributed by atoms with Crippen LogP contribution in [0.25, 0.3) is 0 Å². The summed E-state index contributed by atoms with van der Waals surface area (Å²) in [7, 11) is 1.56. The van der Waals surface area contributed by atoms with Gasteiger partial charge in [-0.1, -0.05) is 24.3 Å². The molecular formula is C22H27N2O5+. The van der Waals surface area contributed by atoms with Crippen molar-refractivity contribution in [3.63, 3.8) is 0 Å². The maximum absolute atomic E-state index is 12.8. The number of rotatable bonds is 6. The molecule has 1 saturated heterocycles. The van der Waals surface area contributed by atoms with E-state index in [1.54, 1.807) is 19.2 Å². The Kier molecular flexibility index (Phi) is 6.17. The van der Waals surface area contributed by atoms with E-state index in [9.17, 15) is 4.79 Å². The Morgan fingerprint density at radius 3 is 2.62 bits per heavy atom. The van der Waals surface area contributed by atoms with Gasteiger partial charge in [0.1, 0.15) is 32.8 Å². The van der Waals surface area contributed by atoms with Crippen molar-refractivity contribution in [1.82, 2.24) is 5.32 Å². The number of ether oxygens (including phenoxy) is 4. The molecule has 154 valence electrons. The van der Waals surface area contributed by atoms with Gasteiger partial charge in [0.2, 0.25) is 5.75 Å². The maximum Gasteiger partial charge on any atom is 0.251 e. The molecule has 0 atom stereocenters. The number of morpholine rings is 1. The summed E-state index contributed by atoms with van der Waals surface area (Å²) in [6.07, 6.45) is 0. The fourth-order valence-electron chi connectivity index (χ4n) is 3.69. The highest BCUT2D eigenvalue weighted by Crippen LogP contribution is 2.40. The van der Waals surface area contributed by atoms with Crippen LogP contribution in [0.1, 0.15) is 21.5 Å². The fourth-order valence-corrected chi connectivity index (χ4v) is 3.69. The van der Waals surface area contributed by atoms with Gasteiger partial charge in [0.15, 0.2) is 11.5 Å². The molecule has 2 heterocycles. The predicted octanol–water partition coefficient (Wildman–Crippen LogP) is 0.812. The first-order valence-corrected chi connectivity index (χ1v) is 9.98. The molecule has 0 saturated carbocycles. The van der Waals surface area contributed by atoms with Crippen LogP contribution < -0.4 is 24.4 Å². The smallest absolute Gasteiger partial charge is 0.251 e. The molecule has 1 fully saturated rings. The number of fused-ring (bicyclic) bond motifs is 1. The second-order valence-electron chi connectivity index (χ2n) is 7.19. The normalized spacial score (nSPS) is 16.3. The molecule has 0 radical (unpaired) electrons. The number of methoxy groups -OCH3 is 1. The number of nitrogens with one attached hydrogen (secondary N) is 2. The topological polar surface area (TPSA) is 70.5 Å². The van der Waals surface area contributed by atoms with Gasteiger partial charge in [-0.25, -0.2) is 0 Å². The van der Waals surface area contributed by atoms with E-state index in [2.05, 4.69) is 17.4 Å². The summed E-state index contributed by atoms with van der Waals surface area (Å²) in [6.45, 7) is 5.97. The molecular weight excluding hydrogens is 372 g/mol. The summed E-state index contributed by atoms with van der Waals surface area (Å²) < 4.78 is 22.0. The van der Waals surface area contributed by atoms with Crippen LogP contribution >= 0.6 is 0 Å². The van der Waals surface area contributed by atoms with Gasteiger partial charge in [0.05, 0.1) is 20.3 Å². The standard InChI is InChI=1S/C22H26N2O5/c1-26-19-12-18(13-20-21(19)29-11-10-28-20)22(25)23-14-16-4-2-3-5-17(16)15-24-6-8-27-9-7-24/h2-5,12-13H,6-11,14-15H2,1H3,(H,23,25)/p+1. The van der Waals surface area contributed by atoms with Crippen molar-refractivity contribution < 1.29 is 28.6 Å². The van der Waals surface area contributed by atoms with Gasteiger partial charge in [0.25, 0.3) is 5.91 Å². The van der Waals surface area contributed by atoms with E-state index < -0.39 is 0 Å². The van der Waals surface area contributed by atoms with Gasteiger partial charge in [-0.05, 0) is 17.7 Å². The highest BCUT2D eigenvalue weighted by Gasteiger charge is 2.21. The Labute approximate surface area is 170 Å². The average molecular weight is 399 g/mol. The van der Waals surface area contributed by atoms with Gasteiger partial charge in [-0.15, -0.1) is 0 Å². The molecule has 0 aromatic heterocycles. The zero-order chi connectivity index (χ0) is 20.1. The zero-order valence-electron chi connectivity index (χ0n) is 16.7. The van der Waals surface area contributed by atoms with E-state index in [-0.39, 0.29) is 5.91 Å². The number of hydrogen-bond acceptors (Lipinski definition) is 5. The van der Waals surface area contributed by atoms with E-state index in [0.29, 0.717) is 42.6 Å². The number of carbonyl (C=O) groups is 1. The van der Waals surface area contributed by atoms with Crippen LogP contribution in [0.2, 0.25) is 0 Å². The van der Waals surface area contributed by atoms with Crippen molar-refractivity contribution >= 4 is 5.91 Å². The average Bonchev–Trinajstić information content (AvgIpc) is 2.78. The van der Waals surface area contributed by atoms with Crippen LogP contribution in [-0.2, 0) is 17.8 Å². The van der Waals surface area contributed by atoms with Gasteiger partial charge in [-0.2, -0.15) is 0 Å². The molecule has 29 heavy (non-hydrogen) atoms. The molecule has 1 amide bonds. The summed E-state index contributed by atoms with van der Waals surface area (Å²) >= 11 is 0. The van der Waals surface area contributed by atoms with Crippen molar-refractivity contribution in [3.05, 3.63) is 53.1 Å². The lowest BCUT2D eigenvalue weighted by Crippen LogP contribution is -3.12. The van der Waals surface area contributed by atoms with Gasteiger partial charge < -0.3 is 29.2 Å². The predicted molar refractivity (Wildman–Crippen MR) is 107 cm³/mol. The summed E-state index contributed by atoms with van der Waals surface area (Å²) in [5.41, 5.74) is 2.87. The number of benzene rings is 2. The van der Waals surface area contributed by atoms with Crippen molar-refractivity contribution in [2.75, 3.05) is 46.6 Å². The second-order valence-corrected chi connectivity index (χ2v) is 7.19. The Balaban J connectivity index is 1.45. The van der Waals surface area contributed by atoms with Crippen molar-refractivity contribution in [3.8, 4) is 17.2 Å². The quantitative estimate of drug-likeness (QED) is 0.753. The minimum absolute atomic E-state index is 0.172. The van der Waals surface area contributed by atoms with E-state index in [4.69, 9.17) is 18.9 Å². The summed E-state index contributed by atoms with van der Waals surface area (Å²) in [6, 6.07) is 11.7. The molecule has 4 rings (SSSR count). The third kappa shape index (κ3) is 4.63. The van der Waals surface area contributed by atoms with Crippen LogP contribution in [-0.4, -0.2) is 52.5 Å². The van der Waals surface area contributed by atoms with Crippen LogP contribution in [0, 0.1) is 0 Å². The highest BCUT2D eigenvalue weighted by atomic mass is 16.6. The molecule has 2 aliphatic rings. The second kappa shape index (κ2) is 9.15. The lowest BCUT2D eigenvalue weighted by Gasteiger charge is -2.24. The molecule has 7 nitrogen and oxygen atoms in total. The molecule has 2 aromatic rings. The molecule has 2 aromatic carbocycles. The van der Waals surface area contributed by atoms with E-state index in [0.717, 1.165) is 38.4 Å². The lowest BCUT2D eigenvalue weighted by atomic mass is 10.1. The molecule has 0 unspecified atom stereocenters. The zero-order valence-corrected chi connectivity index (χ0v) is 16.7. The van der Waals surface area contributed by atoms with E-state index in [1.165, 1.54) is 10.5 Å². The van der Waals surface area contributed by atoms with Crippen molar-refractivity contribution in [2.24, 2.45) is 0 Å². The largest absolute Gasteiger partial charge is 0.493 e. The van der Waals surface area contributed by atoms with Crippen LogP contribution in [0.5, 0.6) is 17.2 Å². The number of quaternary nitrogens is 1. The Morgan fingerprint density at radius 1 is 1.07 bits per heavy atom. The fraction of sp³-hybridized carbons (Fsp3) is 0.409. The molecule has 0 aliphatic carbocycles. The number of amides is 1. The maximum atomic E-state index is 12.8. The minimum atomic E-state index is -0.172. The first kappa shape index (κ1) is 19.5. The molecule has 2 aliphatic heterocycles. The third-order valence-electron chi connectivity index (χ3n) is 5.29. The van der Waals surface area contributed by atoms with Crippen LogP contribution in [0.3, 0.4) is 0 Å². The van der Waals surface area contributed by atoms with Gasteiger partial charge >= 0.3 is 0 Å². The Bertz CT molecular complexity index is 847. The first-order chi connectivity index (χ1) is 14.2. The summed E-state index contributed by atoms with van der Waals surface area (Å²) in [5.74, 6) is 1.42. The number of hydrogen-bond donors (Lipinski definition) is 2. The molecule has 0 spiro atoms. The summed E-state index contributed by atoms with van der Waals surface area (Å²) in [5, 5.41) is 3.03. The molecule has 0 bridgehead atoms. The first-order valence-electron chi connectivity index (χ1n) is 9.98. The molecule has 7 heteroatoms. The van der Waals surface area contributed by atoms with E-state index in [1.807, 2.05) is 12.1 Å². The summed E-state index contributed by atoms with van der Waals surface area (Å²) in [4.78, 5) is 14.3. The highest BCUT2D eigenvalue weighted by molar-refractivity contribution is 5.95. The molecule has 2 N–H and O–H groups in total. The Morgan fingerprint density at radius 2 is 1.83 bits per heavy atom. The third-order valence-corrected chi connectivity index (χ3v) is 5.29. The lowest BCUT2D eigenvalue weighted by molar-refractivity contribution is -0.921. The Hall–Kier alpha value is -2.77. The van der Waals surface area contributed by atoms with Gasteiger partial charge in [-0.3, -0.25) is 4.79 Å². The van der Waals surface area contributed by atoms with Crippen molar-refractivity contribution in [1.29, 1.82) is 0 Å². The van der Waals surface area contributed by atoms with Crippen molar-refractivity contribution in [2.45, 2.75) is 13.1 Å². The van der Waals surface area contributed by atoms with E-state index >= 15 is 0 Å². The minimum Gasteiger partial charge on any atom is -0.493 e. The SMILES string of the molecule is COc1cc(C(=O)NCc2ccccc2C[NH+]2CCOCC2)cc2c1OCCO2.